The molecule has 0 radical (unpaired) electrons. The van der Waals surface area contributed by atoms with Gasteiger partial charge in [-0.1, -0.05) is 20.8 Å². The molecule has 3 aliphatic heterocycles. The first-order chi connectivity index (χ1) is 36.9. The first kappa shape index (κ1) is 64.0. The van der Waals surface area contributed by atoms with Gasteiger partial charge in [0, 0.05) is 61.5 Å². The Labute approximate surface area is 454 Å². The largest absolute Gasteiger partial charge is 0.535 e. The molecular weight excluding hydrogens is 1020 g/mol. The molecule has 3 heterocycles. The molecule has 0 aliphatic carbocycles. The number of methoxy groups -OCH3 is 2. The fraction of sp³-hybridized carbons (Fsp3) is 0.537. The molecule has 0 saturated carbocycles. The topological polar surface area (TPSA) is 263 Å². The average molecular weight is 1090 g/mol. The van der Waals surface area contributed by atoms with E-state index in [2.05, 4.69) is 0 Å². The number of rotatable bonds is 21. The summed E-state index contributed by atoms with van der Waals surface area (Å²) in [6.07, 6.45) is 4.59. The Morgan fingerprint density at radius 1 is 0.551 bits per heavy atom. The summed E-state index contributed by atoms with van der Waals surface area (Å²) in [5, 5.41) is 30.7. The van der Waals surface area contributed by atoms with Crippen molar-refractivity contribution in [1.82, 2.24) is 0 Å². The normalized spacial score (nSPS) is 16.0. The number of carbonyl (C=O) groups excluding carboxylic acids is 7. The van der Waals surface area contributed by atoms with Crippen molar-refractivity contribution in [2.45, 2.75) is 150 Å². The van der Waals surface area contributed by atoms with Gasteiger partial charge in [-0.2, -0.15) is 0 Å². The van der Waals surface area contributed by atoms with Crippen LogP contribution in [0.5, 0.6) is 28.7 Å². The zero-order valence-electron chi connectivity index (χ0n) is 46.1. The molecule has 6 rings (SSSR count). The fourth-order valence-corrected chi connectivity index (χ4v) is 8.74. The molecule has 424 valence electrons. The van der Waals surface area contributed by atoms with Crippen LogP contribution in [0.1, 0.15) is 161 Å². The van der Waals surface area contributed by atoms with E-state index in [0.29, 0.717) is 67.4 Å². The zero-order chi connectivity index (χ0) is 58.0. The molecule has 78 heavy (non-hydrogen) atoms. The van der Waals surface area contributed by atoms with Gasteiger partial charge in [0.05, 0.1) is 32.8 Å². The maximum absolute atomic E-state index is 14.1. The second-order valence-electron chi connectivity index (χ2n) is 19.9. The highest BCUT2D eigenvalue weighted by atomic mass is 19.2. The minimum atomic E-state index is -1.38. The summed E-state index contributed by atoms with van der Waals surface area (Å²) in [5.41, 5.74) is 0.487. The Hall–Kier alpha value is -6.52. The van der Waals surface area contributed by atoms with Gasteiger partial charge in [0.25, 0.3) is 0 Å². The standard InChI is InChI=1S/C21H29BO8.C17H23BO6.C16H19BF2O5/c1-6-7-15(23)10-14-8-13-9-16(27-5)11-17(18(13)30-22(14)26)19(24)28-12-29-20(25)21(2,3)4;1-4-6-13(19)9-12-7-11-8-14(22-3)10-15(17(20)23-5-2)16(11)24-18(12)21;1-3-5-10(20)6-9-7-11-14(19)13(18)8-12(16(21)23-4-2)15(11)24-17(9)22/h9,11,14,26H,6-8,10,12H2,1-5H3;8,10,12,21H,4-7,9H2,1-3H3;8-9,22H,3-7H2,1-2H3/t14-;12-;9-/m110/s1. The van der Waals surface area contributed by atoms with E-state index in [4.69, 9.17) is 42.4 Å². The number of carbonyl (C=O) groups is 7. The summed E-state index contributed by atoms with van der Waals surface area (Å²) in [6, 6.07) is 7.13. The van der Waals surface area contributed by atoms with Crippen molar-refractivity contribution in [3.63, 3.8) is 0 Å². The summed E-state index contributed by atoms with van der Waals surface area (Å²) in [6.45, 7) is 13.8. The number of hydrogen-bond acceptors (Lipinski definition) is 19. The quantitative estimate of drug-likeness (QED) is 0.0394. The Morgan fingerprint density at radius 3 is 1.29 bits per heavy atom. The first-order valence-corrected chi connectivity index (χ1v) is 26.2. The molecule has 0 fully saturated rings. The van der Waals surface area contributed by atoms with Crippen molar-refractivity contribution in [3.8, 4) is 28.7 Å². The molecule has 3 aromatic carbocycles. The highest BCUT2D eigenvalue weighted by molar-refractivity contribution is 6.48. The van der Waals surface area contributed by atoms with E-state index in [1.807, 2.05) is 20.8 Å². The molecule has 3 aromatic rings. The molecule has 0 spiro atoms. The maximum Gasteiger partial charge on any atom is 0.526 e. The second-order valence-corrected chi connectivity index (χ2v) is 19.9. The number of benzene rings is 3. The van der Waals surface area contributed by atoms with Crippen molar-refractivity contribution in [2.24, 2.45) is 5.41 Å². The highest BCUT2D eigenvalue weighted by Gasteiger charge is 2.42. The van der Waals surface area contributed by atoms with Crippen LogP contribution < -0.4 is 23.4 Å². The van der Waals surface area contributed by atoms with Crippen LogP contribution in [0.15, 0.2) is 30.3 Å². The summed E-state index contributed by atoms with van der Waals surface area (Å²) in [4.78, 5) is 84.1. The Morgan fingerprint density at radius 2 is 0.923 bits per heavy atom. The van der Waals surface area contributed by atoms with Gasteiger partial charge in [0.1, 0.15) is 62.8 Å². The summed E-state index contributed by atoms with van der Waals surface area (Å²) in [5.74, 6) is -5.21. The van der Waals surface area contributed by atoms with Crippen molar-refractivity contribution in [1.29, 1.82) is 0 Å². The number of ketones is 3. The van der Waals surface area contributed by atoms with Gasteiger partial charge >= 0.3 is 45.2 Å². The van der Waals surface area contributed by atoms with E-state index in [0.717, 1.165) is 18.4 Å². The van der Waals surface area contributed by atoms with Crippen LogP contribution in [0, 0.1) is 17.0 Å². The molecule has 0 aromatic heterocycles. The first-order valence-electron chi connectivity index (χ1n) is 26.2. The zero-order valence-corrected chi connectivity index (χ0v) is 46.1. The molecule has 3 N–H and O–H groups in total. The lowest BCUT2D eigenvalue weighted by molar-refractivity contribution is -0.161. The van der Waals surface area contributed by atoms with Crippen LogP contribution in [0.4, 0.5) is 8.78 Å². The number of hydrogen-bond donors (Lipinski definition) is 3. The summed E-state index contributed by atoms with van der Waals surface area (Å²) >= 11 is 0. The Kier molecular flexibility index (Phi) is 24.6. The Balaban J connectivity index is 0.000000255. The monoisotopic (exact) mass is 1090 g/mol. The van der Waals surface area contributed by atoms with Crippen LogP contribution >= 0.6 is 0 Å². The lowest BCUT2D eigenvalue weighted by atomic mass is 9.64. The van der Waals surface area contributed by atoms with Crippen LogP contribution in [0.2, 0.25) is 17.5 Å². The molecule has 24 heteroatoms. The van der Waals surface area contributed by atoms with Gasteiger partial charge in [0.2, 0.25) is 6.79 Å². The van der Waals surface area contributed by atoms with E-state index in [1.165, 1.54) is 26.4 Å². The van der Waals surface area contributed by atoms with Gasteiger partial charge in [-0.25, -0.2) is 23.2 Å². The lowest BCUT2D eigenvalue weighted by Crippen LogP contribution is -2.36. The molecular formula is C54H71B3F2O19. The van der Waals surface area contributed by atoms with E-state index in [-0.39, 0.29) is 95.8 Å². The third-order valence-corrected chi connectivity index (χ3v) is 12.6. The van der Waals surface area contributed by atoms with Crippen LogP contribution in [0.25, 0.3) is 0 Å². The van der Waals surface area contributed by atoms with E-state index in [9.17, 15) is 57.4 Å². The summed E-state index contributed by atoms with van der Waals surface area (Å²) < 4.78 is 74.7. The predicted octanol–water partition coefficient (Wildman–Crippen LogP) is 8.05. The molecule has 0 amide bonds. The third kappa shape index (κ3) is 17.5. The SMILES string of the molecule is CCCC(=O)C[C@H]1Cc2c(F)c(F)cc(C(=O)OCC)c2OB1O.CCCC(=O)C[C@H]1Cc2cc(OC)cc(C(=O)OCC)c2OB1O.CCCC(=O)C[C@H]1Cc2cc(OC)cc(C(=O)OCOC(=O)C(C)(C)C)c2OB1O. The number of halogens is 2. The number of Topliss-reactive ketones (excluding diaryl/α,β-unsaturated/α-hetero) is 3. The number of fused-ring (bicyclic) bond motifs is 3. The van der Waals surface area contributed by atoms with Crippen LogP contribution in [0.3, 0.4) is 0 Å². The lowest BCUT2D eigenvalue weighted by Gasteiger charge is -2.28. The second kappa shape index (κ2) is 30.0. The van der Waals surface area contributed by atoms with Crippen molar-refractivity contribution in [2.75, 3.05) is 34.2 Å². The third-order valence-electron chi connectivity index (χ3n) is 12.6. The molecule has 0 unspecified atom stereocenters. The average Bonchev–Trinajstić information content (AvgIpc) is 3.43. The van der Waals surface area contributed by atoms with Crippen LogP contribution in [-0.4, -0.2) is 112 Å². The fourth-order valence-electron chi connectivity index (χ4n) is 8.74. The van der Waals surface area contributed by atoms with Gasteiger partial charge in [-0.15, -0.1) is 0 Å². The molecule has 19 nitrogen and oxygen atoms in total. The van der Waals surface area contributed by atoms with E-state index >= 15 is 0 Å². The highest BCUT2D eigenvalue weighted by Crippen LogP contribution is 2.42. The Bertz CT molecular complexity index is 2620. The maximum atomic E-state index is 14.1. The van der Waals surface area contributed by atoms with Gasteiger partial charge in [-0.3, -0.25) is 19.2 Å². The predicted molar refractivity (Wildman–Crippen MR) is 282 cm³/mol. The van der Waals surface area contributed by atoms with Gasteiger partial charge < -0.3 is 57.5 Å². The van der Waals surface area contributed by atoms with Crippen molar-refractivity contribution in [3.05, 3.63) is 75.3 Å². The smallest absolute Gasteiger partial charge is 0.526 e. The summed E-state index contributed by atoms with van der Waals surface area (Å²) in [7, 11) is -0.756. The molecule has 0 bridgehead atoms. The van der Waals surface area contributed by atoms with E-state index in [1.54, 1.807) is 46.8 Å². The minimum Gasteiger partial charge on any atom is -0.535 e. The van der Waals surface area contributed by atoms with Crippen molar-refractivity contribution < 1.29 is 99.8 Å². The van der Waals surface area contributed by atoms with Crippen LogP contribution in [-0.2, 0) is 57.4 Å². The molecule has 3 atom stereocenters. The minimum absolute atomic E-state index is 0.000853. The number of ether oxygens (including phenoxy) is 6. The van der Waals surface area contributed by atoms with Gasteiger partial charge in [-0.05, 0) is 115 Å². The van der Waals surface area contributed by atoms with Crippen molar-refractivity contribution >= 4 is 62.6 Å². The number of esters is 4. The molecule has 3 aliphatic rings. The molecule has 0 saturated heterocycles. The van der Waals surface area contributed by atoms with Gasteiger partial charge in [0.15, 0.2) is 11.6 Å². The van der Waals surface area contributed by atoms with E-state index < -0.39 is 80.7 Å².